The van der Waals surface area contributed by atoms with E-state index in [1.807, 2.05) is 26.0 Å². The van der Waals surface area contributed by atoms with Crippen LogP contribution in [-0.2, 0) is 4.79 Å². The topological polar surface area (TPSA) is 66.4 Å². The van der Waals surface area contributed by atoms with Gasteiger partial charge in [0.15, 0.2) is 0 Å². The van der Waals surface area contributed by atoms with E-state index in [0.717, 1.165) is 11.1 Å². The molecule has 1 amide bonds. The Morgan fingerprint density at radius 2 is 1.83 bits per heavy atom. The fourth-order valence-electron chi connectivity index (χ4n) is 1.71. The number of benzene rings is 1. The molecule has 98 valence electrons. The molecular weight excluding hydrogens is 230 g/mol. The number of carbonyl (C=O) groups excluding carboxylic acids is 1. The molecule has 0 aliphatic carbocycles. The van der Waals surface area contributed by atoms with Gasteiger partial charge in [0, 0.05) is 5.56 Å². The molecule has 4 heteroatoms. The van der Waals surface area contributed by atoms with Crippen LogP contribution in [0.2, 0.25) is 0 Å². The van der Waals surface area contributed by atoms with E-state index in [0.29, 0.717) is 5.56 Å². The highest BCUT2D eigenvalue weighted by Gasteiger charge is 2.24. The Morgan fingerprint density at radius 1 is 1.22 bits per heavy atom. The Bertz CT molecular complexity index is 466. The molecule has 1 atom stereocenters. The van der Waals surface area contributed by atoms with Crippen LogP contribution in [0.25, 0.3) is 0 Å². The van der Waals surface area contributed by atoms with Gasteiger partial charge in [-0.05, 0) is 31.4 Å². The summed E-state index contributed by atoms with van der Waals surface area (Å²) in [5.41, 5.74) is 2.34. The van der Waals surface area contributed by atoms with E-state index in [4.69, 9.17) is 5.11 Å². The van der Waals surface area contributed by atoms with Crippen LogP contribution in [0.4, 0.5) is 0 Å². The summed E-state index contributed by atoms with van der Waals surface area (Å²) in [7, 11) is 0. The van der Waals surface area contributed by atoms with Gasteiger partial charge in [0.2, 0.25) is 0 Å². The van der Waals surface area contributed by atoms with E-state index in [9.17, 15) is 9.59 Å². The molecule has 0 unspecified atom stereocenters. The summed E-state index contributed by atoms with van der Waals surface area (Å²) < 4.78 is 0. The Morgan fingerprint density at radius 3 is 2.33 bits per heavy atom. The molecule has 0 saturated carbocycles. The van der Waals surface area contributed by atoms with Crippen LogP contribution >= 0.6 is 0 Å². The smallest absolute Gasteiger partial charge is 0.326 e. The molecule has 0 saturated heterocycles. The molecule has 1 rings (SSSR count). The zero-order valence-electron chi connectivity index (χ0n) is 11.2. The normalized spacial score (nSPS) is 12.3. The predicted molar refractivity (Wildman–Crippen MR) is 69.6 cm³/mol. The van der Waals surface area contributed by atoms with Gasteiger partial charge in [0.25, 0.3) is 5.91 Å². The lowest BCUT2D eigenvalue weighted by atomic mass is 10.0. The van der Waals surface area contributed by atoms with E-state index < -0.39 is 12.0 Å². The largest absolute Gasteiger partial charge is 0.480 e. The van der Waals surface area contributed by atoms with Crippen molar-refractivity contribution in [3.8, 4) is 0 Å². The molecule has 4 nitrogen and oxygen atoms in total. The molecular formula is C14H19NO3. The molecule has 0 fully saturated rings. The molecule has 18 heavy (non-hydrogen) atoms. The van der Waals surface area contributed by atoms with E-state index >= 15 is 0 Å². The van der Waals surface area contributed by atoms with Crippen LogP contribution in [0.15, 0.2) is 18.2 Å². The highest BCUT2D eigenvalue weighted by Crippen LogP contribution is 2.12. The summed E-state index contributed by atoms with van der Waals surface area (Å²) in [5, 5.41) is 11.6. The average molecular weight is 249 g/mol. The van der Waals surface area contributed by atoms with Crippen molar-refractivity contribution in [1.82, 2.24) is 5.32 Å². The number of nitrogens with one attached hydrogen (secondary N) is 1. The summed E-state index contributed by atoms with van der Waals surface area (Å²) in [4.78, 5) is 23.1. The second-order valence-corrected chi connectivity index (χ2v) is 4.85. The van der Waals surface area contributed by atoms with E-state index in [2.05, 4.69) is 5.32 Å². The van der Waals surface area contributed by atoms with Crippen LogP contribution in [0.3, 0.4) is 0 Å². The van der Waals surface area contributed by atoms with Gasteiger partial charge in [-0.3, -0.25) is 4.79 Å². The quantitative estimate of drug-likeness (QED) is 0.859. The van der Waals surface area contributed by atoms with Gasteiger partial charge in [0.1, 0.15) is 6.04 Å². The van der Waals surface area contributed by atoms with Crippen molar-refractivity contribution >= 4 is 11.9 Å². The van der Waals surface area contributed by atoms with Crippen molar-refractivity contribution in [1.29, 1.82) is 0 Å². The number of amides is 1. The summed E-state index contributed by atoms with van der Waals surface area (Å²) >= 11 is 0. The molecule has 1 aromatic carbocycles. The van der Waals surface area contributed by atoms with E-state index in [1.54, 1.807) is 19.9 Å². The van der Waals surface area contributed by atoms with Gasteiger partial charge in [-0.2, -0.15) is 0 Å². The molecule has 0 bridgehead atoms. The fraction of sp³-hybridized carbons (Fsp3) is 0.429. The Kier molecular flexibility index (Phi) is 4.48. The van der Waals surface area contributed by atoms with Gasteiger partial charge < -0.3 is 10.4 Å². The third-order valence-corrected chi connectivity index (χ3v) is 2.86. The van der Waals surface area contributed by atoms with Crippen molar-refractivity contribution in [3.05, 3.63) is 34.9 Å². The first-order chi connectivity index (χ1) is 8.32. The minimum atomic E-state index is -1.01. The Balaban J connectivity index is 2.94. The zero-order valence-corrected chi connectivity index (χ0v) is 11.2. The van der Waals surface area contributed by atoms with Gasteiger partial charge in [0.05, 0.1) is 0 Å². The number of aryl methyl sites for hydroxylation is 2. The fourth-order valence-corrected chi connectivity index (χ4v) is 1.71. The monoisotopic (exact) mass is 249 g/mol. The number of rotatable bonds is 4. The predicted octanol–water partition coefficient (Wildman–Crippen LogP) is 2.14. The Labute approximate surface area is 107 Å². The van der Waals surface area contributed by atoms with E-state index in [1.165, 1.54) is 0 Å². The highest BCUT2D eigenvalue weighted by atomic mass is 16.4. The number of aliphatic carboxylic acids is 1. The van der Waals surface area contributed by atoms with Crippen LogP contribution < -0.4 is 5.32 Å². The minimum Gasteiger partial charge on any atom is -0.480 e. The number of carboxylic acid groups (broad SMARTS) is 1. The van der Waals surface area contributed by atoms with Crippen LogP contribution in [0, 0.1) is 19.8 Å². The summed E-state index contributed by atoms with van der Waals surface area (Å²) in [5.74, 6) is -1.50. The van der Waals surface area contributed by atoms with Gasteiger partial charge in [-0.1, -0.05) is 31.5 Å². The lowest BCUT2D eigenvalue weighted by Crippen LogP contribution is -2.44. The number of carboxylic acids is 1. The van der Waals surface area contributed by atoms with Crippen molar-refractivity contribution < 1.29 is 14.7 Å². The molecule has 0 aliphatic rings. The Hall–Kier alpha value is -1.84. The SMILES string of the molecule is Cc1ccc(C)c(C(=O)N[C@H](C(=O)O)C(C)C)c1. The van der Waals surface area contributed by atoms with Crippen molar-refractivity contribution in [2.75, 3.05) is 0 Å². The lowest BCUT2D eigenvalue weighted by molar-refractivity contribution is -0.140. The molecule has 1 aromatic rings. The zero-order chi connectivity index (χ0) is 13.9. The number of hydrogen-bond acceptors (Lipinski definition) is 2. The van der Waals surface area contributed by atoms with Gasteiger partial charge >= 0.3 is 5.97 Å². The summed E-state index contributed by atoms with van der Waals surface area (Å²) in [6, 6.07) is 4.68. The summed E-state index contributed by atoms with van der Waals surface area (Å²) in [6.07, 6.45) is 0. The third kappa shape index (κ3) is 3.32. The highest BCUT2D eigenvalue weighted by molar-refractivity contribution is 5.98. The standard InChI is InChI=1S/C14H19NO3/c1-8(2)12(14(17)18)15-13(16)11-7-9(3)5-6-10(11)4/h5-8,12H,1-4H3,(H,15,16)(H,17,18)/t12-/m0/s1. The maximum Gasteiger partial charge on any atom is 0.326 e. The maximum absolute atomic E-state index is 12.1. The minimum absolute atomic E-state index is 0.156. The second-order valence-electron chi connectivity index (χ2n) is 4.85. The van der Waals surface area contributed by atoms with Gasteiger partial charge in [-0.25, -0.2) is 4.79 Å². The molecule has 0 aromatic heterocycles. The molecule has 0 spiro atoms. The second kappa shape index (κ2) is 5.67. The van der Waals surface area contributed by atoms with Crippen molar-refractivity contribution in [3.63, 3.8) is 0 Å². The molecule has 2 N–H and O–H groups in total. The third-order valence-electron chi connectivity index (χ3n) is 2.86. The number of hydrogen-bond donors (Lipinski definition) is 2. The maximum atomic E-state index is 12.1. The first kappa shape index (κ1) is 14.2. The van der Waals surface area contributed by atoms with E-state index in [-0.39, 0.29) is 11.8 Å². The van der Waals surface area contributed by atoms with Crippen LogP contribution in [0.1, 0.15) is 35.3 Å². The van der Waals surface area contributed by atoms with Gasteiger partial charge in [-0.15, -0.1) is 0 Å². The first-order valence-corrected chi connectivity index (χ1v) is 5.94. The van der Waals surface area contributed by atoms with Crippen molar-refractivity contribution in [2.45, 2.75) is 33.7 Å². The molecule has 0 heterocycles. The van der Waals surface area contributed by atoms with Crippen LogP contribution in [0.5, 0.6) is 0 Å². The van der Waals surface area contributed by atoms with Crippen molar-refractivity contribution in [2.24, 2.45) is 5.92 Å². The van der Waals surface area contributed by atoms with Crippen LogP contribution in [-0.4, -0.2) is 23.0 Å². The lowest BCUT2D eigenvalue weighted by Gasteiger charge is -2.18. The molecule has 0 aliphatic heterocycles. The molecule has 0 radical (unpaired) electrons. The average Bonchev–Trinajstić information content (AvgIpc) is 2.28. The first-order valence-electron chi connectivity index (χ1n) is 5.94. The summed E-state index contributed by atoms with van der Waals surface area (Å²) in [6.45, 7) is 7.26. The number of carbonyl (C=O) groups is 2.